The lowest BCUT2D eigenvalue weighted by molar-refractivity contribution is 0.368. The predicted molar refractivity (Wildman–Crippen MR) is 53.2 cm³/mol. The molecule has 15 heavy (non-hydrogen) atoms. The zero-order chi connectivity index (χ0) is 11.9. The zero-order valence-corrected chi connectivity index (χ0v) is 8.74. The highest BCUT2D eigenvalue weighted by Crippen LogP contribution is 2.06. The fraction of sp³-hybridized carbons (Fsp3) is 0.625. The highest BCUT2D eigenvalue weighted by atomic mass is 19.5. The molecule has 0 aliphatic heterocycles. The monoisotopic (exact) mass is 226 g/mol. The van der Waals surface area contributed by atoms with E-state index >= 15 is 0 Å². The molecule has 0 fully saturated rings. The number of aryl methyl sites for hydroxylation is 2. The molecule has 0 saturated carbocycles. The summed E-state index contributed by atoms with van der Waals surface area (Å²) in [4.78, 5) is 7.36. The fourth-order valence-corrected chi connectivity index (χ4v) is 0.954. The van der Waals surface area contributed by atoms with Crippen LogP contribution in [-0.4, -0.2) is 17.2 Å². The van der Waals surface area contributed by atoms with Crippen LogP contribution in [0.15, 0.2) is 6.20 Å². The van der Waals surface area contributed by atoms with Gasteiger partial charge in [0, 0.05) is 6.20 Å². The van der Waals surface area contributed by atoms with E-state index in [2.05, 4.69) is 16.9 Å². The van der Waals surface area contributed by atoms with E-state index in [0.29, 0.717) is 0 Å². The number of aromatic amines is 1. The van der Waals surface area contributed by atoms with Crippen molar-refractivity contribution in [2.24, 2.45) is 0 Å². The van der Waals surface area contributed by atoms with Crippen molar-refractivity contribution < 1.29 is 18.7 Å². The minimum atomic E-state index is -6.00. The van der Waals surface area contributed by atoms with Gasteiger partial charge in [-0.15, -0.1) is 0 Å². The fourth-order valence-electron chi connectivity index (χ4n) is 0.954. The summed E-state index contributed by atoms with van der Waals surface area (Å²) in [6.45, 7) is 4.18. The van der Waals surface area contributed by atoms with Gasteiger partial charge >= 0.3 is 8.68 Å². The topological polar surface area (TPSA) is 28.7 Å². The summed E-state index contributed by atoms with van der Waals surface area (Å²) in [7, 11) is -6.00. The summed E-state index contributed by atoms with van der Waals surface area (Å²) in [6.07, 6.45) is 5.59. The number of nitrogens with zero attached hydrogens (tertiary/aromatic N) is 1. The van der Waals surface area contributed by atoms with E-state index in [-0.39, 0.29) is 1.43 Å². The van der Waals surface area contributed by atoms with E-state index in [4.69, 9.17) is 0 Å². The van der Waals surface area contributed by atoms with Gasteiger partial charge in [-0.3, -0.25) is 0 Å². The molecule has 0 bridgehead atoms. The maximum absolute atomic E-state index is 9.75. The Morgan fingerprint density at radius 3 is 2.27 bits per heavy atom. The Hall–Kier alpha value is -1.01. The number of halogens is 4. The number of hydrogen-bond acceptors (Lipinski definition) is 1. The van der Waals surface area contributed by atoms with Crippen molar-refractivity contribution in [3.63, 3.8) is 0 Å². The van der Waals surface area contributed by atoms with Gasteiger partial charge in [-0.25, -0.2) is 4.98 Å². The molecule has 7 heteroatoms. The Balaban J connectivity index is 0. The summed E-state index contributed by atoms with van der Waals surface area (Å²) in [5.74, 6) is 1.02. The van der Waals surface area contributed by atoms with Crippen LogP contribution in [0, 0.1) is 6.92 Å². The molecular formula is C8H15BF4N2. The second-order valence-corrected chi connectivity index (χ2v) is 3.08. The second kappa shape index (κ2) is 6.47. The third kappa shape index (κ3) is 10.9. The summed E-state index contributed by atoms with van der Waals surface area (Å²) < 4.78 is 39.0. The molecule has 0 unspecified atom stereocenters. The summed E-state index contributed by atoms with van der Waals surface area (Å²) in [5, 5.41) is 0. The molecule has 1 rings (SSSR count). The van der Waals surface area contributed by atoms with Gasteiger partial charge in [0.05, 0.1) is 5.69 Å². The minimum Gasteiger partial charge on any atom is -0.418 e. The lowest BCUT2D eigenvalue weighted by Crippen LogP contribution is -2.02. The molecule has 0 radical (unpaired) electrons. The first-order chi connectivity index (χ1) is 6.83. The standard InChI is InChI=1S/C8H14N2.BF4/c1-3-4-5-8-6-9-7(2)10-8;2-1(3,4)5/h6H,3-5H2,1-2H3,(H,9,10);/q;-1/p+1. The highest BCUT2D eigenvalue weighted by Gasteiger charge is 2.20. The van der Waals surface area contributed by atoms with E-state index in [1.807, 2.05) is 13.1 Å². The quantitative estimate of drug-likeness (QED) is 0.620. The SMILES string of the molecule is CCCCc1c[nH]c(C)n1.F[B-](F)(F)F.[H+]. The Morgan fingerprint density at radius 2 is 1.93 bits per heavy atom. The van der Waals surface area contributed by atoms with Crippen LogP contribution in [0.4, 0.5) is 17.3 Å². The van der Waals surface area contributed by atoms with Crippen molar-refractivity contribution >= 4 is 7.25 Å². The summed E-state index contributed by atoms with van der Waals surface area (Å²) in [5.41, 5.74) is 1.19. The van der Waals surface area contributed by atoms with Gasteiger partial charge in [0.2, 0.25) is 0 Å². The van der Waals surface area contributed by atoms with Crippen LogP contribution in [0.25, 0.3) is 0 Å². The molecule has 1 N–H and O–H groups in total. The molecule has 0 amide bonds. The predicted octanol–water partition coefficient (Wildman–Crippen LogP) is 3.47. The molecular weight excluding hydrogens is 211 g/mol. The van der Waals surface area contributed by atoms with Crippen LogP contribution in [0.2, 0.25) is 0 Å². The number of imidazole rings is 1. The second-order valence-electron chi connectivity index (χ2n) is 3.08. The van der Waals surface area contributed by atoms with Gasteiger partial charge < -0.3 is 22.2 Å². The first-order valence-corrected chi connectivity index (χ1v) is 4.71. The number of hydrogen-bond donors (Lipinski definition) is 1. The third-order valence-corrected chi connectivity index (χ3v) is 1.55. The molecule has 0 saturated heterocycles. The Labute approximate surface area is 87.7 Å². The van der Waals surface area contributed by atoms with Crippen LogP contribution in [0.5, 0.6) is 0 Å². The first-order valence-electron chi connectivity index (χ1n) is 4.71. The van der Waals surface area contributed by atoms with E-state index in [1.54, 1.807) is 0 Å². The molecule has 1 heterocycles. The van der Waals surface area contributed by atoms with Gasteiger partial charge in [0.15, 0.2) is 0 Å². The van der Waals surface area contributed by atoms with Crippen LogP contribution in [-0.2, 0) is 6.42 Å². The van der Waals surface area contributed by atoms with Crippen molar-refractivity contribution in [1.29, 1.82) is 0 Å². The van der Waals surface area contributed by atoms with Gasteiger partial charge in [-0.2, -0.15) is 0 Å². The number of rotatable bonds is 3. The largest absolute Gasteiger partial charge is 1.00 e. The Morgan fingerprint density at radius 1 is 1.40 bits per heavy atom. The van der Waals surface area contributed by atoms with Crippen molar-refractivity contribution in [2.75, 3.05) is 0 Å². The van der Waals surface area contributed by atoms with Gasteiger partial charge in [0.25, 0.3) is 0 Å². The van der Waals surface area contributed by atoms with Crippen molar-refractivity contribution in [1.82, 2.24) is 9.97 Å². The number of unbranched alkanes of at least 4 members (excludes halogenated alkanes) is 1. The Kier molecular flexibility index (Phi) is 6.04. The summed E-state index contributed by atoms with van der Waals surface area (Å²) >= 11 is 0. The normalized spacial score (nSPS) is 10.8. The number of H-pyrrole nitrogens is 1. The third-order valence-electron chi connectivity index (χ3n) is 1.55. The highest BCUT2D eigenvalue weighted by molar-refractivity contribution is 6.50. The Bertz CT molecular complexity index is 271. The van der Waals surface area contributed by atoms with Crippen LogP contribution in [0.3, 0.4) is 0 Å². The van der Waals surface area contributed by atoms with Crippen LogP contribution in [0.1, 0.15) is 32.7 Å². The van der Waals surface area contributed by atoms with Crippen LogP contribution < -0.4 is 0 Å². The minimum absolute atomic E-state index is 0. The van der Waals surface area contributed by atoms with Gasteiger partial charge in [-0.05, 0) is 19.8 Å². The van der Waals surface area contributed by atoms with E-state index < -0.39 is 7.25 Å². The molecule has 2 nitrogen and oxygen atoms in total. The number of nitrogens with one attached hydrogen (secondary N) is 1. The lowest BCUT2D eigenvalue weighted by Gasteiger charge is -1.94. The molecule has 0 aliphatic carbocycles. The smallest absolute Gasteiger partial charge is 0.418 e. The number of aromatic nitrogens is 2. The molecule has 88 valence electrons. The first kappa shape index (κ1) is 14.0. The van der Waals surface area contributed by atoms with Crippen LogP contribution >= 0.6 is 0 Å². The molecule has 0 aliphatic rings. The average molecular weight is 226 g/mol. The lowest BCUT2D eigenvalue weighted by atomic mass is 10.2. The van der Waals surface area contributed by atoms with Crippen molar-refractivity contribution in [3.05, 3.63) is 17.7 Å². The van der Waals surface area contributed by atoms with Gasteiger partial charge in [0.1, 0.15) is 5.82 Å². The maximum Gasteiger partial charge on any atom is 1.00 e. The zero-order valence-electron chi connectivity index (χ0n) is 9.74. The van der Waals surface area contributed by atoms with E-state index in [1.165, 1.54) is 18.5 Å². The van der Waals surface area contributed by atoms with Crippen molar-refractivity contribution in [3.8, 4) is 0 Å². The molecule has 1 aromatic heterocycles. The maximum atomic E-state index is 9.75. The summed E-state index contributed by atoms with van der Waals surface area (Å²) in [6, 6.07) is 0. The van der Waals surface area contributed by atoms with E-state index in [9.17, 15) is 17.3 Å². The molecule has 0 atom stereocenters. The molecule has 0 spiro atoms. The van der Waals surface area contributed by atoms with Gasteiger partial charge in [-0.1, -0.05) is 13.3 Å². The van der Waals surface area contributed by atoms with E-state index in [0.717, 1.165) is 12.2 Å². The van der Waals surface area contributed by atoms with Crippen molar-refractivity contribution in [2.45, 2.75) is 33.1 Å². The average Bonchev–Trinajstić information content (AvgIpc) is 2.45. The molecule has 0 aromatic carbocycles. The molecule has 1 aromatic rings.